The Labute approximate surface area is 180 Å². The summed E-state index contributed by atoms with van der Waals surface area (Å²) in [6.07, 6.45) is 9.95. The van der Waals surface area contributed by atoms with Gasteiger partial charge in [-0.15, -0.1) is 0 Å². The summed E-state index contributed by atoms with van der Waals surface area (Å²) in [5.74, 6) is -1.58. The van der Waals surface area contributed by atoms with Crippen LogP contribution in [0, 0.1) is 11.6 Å². The van der Waals surface area contributed by atoms with Crippen molar-refractivity contribution in [3.63, 3.8) is 0 Å². The number of aromatic nitrogens is 2. The Morgan fingerprint density at radius 1 is 1.16 bits per heavy atom. The van der Waals surface area contributed by atoms with Crippen LogP contribution in [0.2, 0.25) is 0 Å². The number of nitrogens with zero attached hydrogens (tertiary/aromatic N) is 3. The average molecular weight is 430 g/mol. The molecule has 1 aliphatic carbocycles. The number of hydrogen-bond donors (Lipinski definition) is 1. The van der Waals surface area contributed by atoms with E-state index in [9.17, 15) is 4.79 Å². The first-order chi connectivity index (χ1) is 15.1. The summed E-state index contributed by atoms with van der Waals surface area (Å²) in [5.41, 5.74) is 1.25. The van der Waals surface area contributed by atoms with Gasteiger partial charge in [-0.3, -0.25) is 9.48 Å². The van der Waals surface area contributed by atoms with Crippen molar-refractivity contribution < 1.29 is 18.3 Å². The van der Waals surface area contributed by atoms with E-state index in [1.165, 1.54) is 4.90 Å². The molecule has 5 rings (SSSR count). The number of carbonyl (C=O) groups is 1. The van der Waals surface area contributed by atoms with Crippen LogP contribution in [0.25, 0.3) is 11.1 Å². The summed E-state index contributed by atoms with van der Waals surface area (Å²) < 4.78 is 39.0. The quantitative estimate of drug-likeness (QED) is 0.729. The molecule has 2 aromatic rings. The van der Waals surface area contributed by atoms with E-state index in [4.69, 9.17) is 4.74 Å². The highest BCUT2D eigenvalue weighted by atomic mass is 19.2. The number of halogens is 2. The fourth-order valence-electron chi connectivity index (χ4n) is 4.86. The van der Waals surface area contributed by atoms with Gasteiger partial charge in [0.15, 0.2) is 11.6 Å². The summed E-state index contributed by atoms with van der Waals surface area (Å²) in [7, 11) is 0. The summed E-state index contributed by atoms with van der Waals surface area (Å²) in [6.45, 7) is 3.67. The normalized spacial score (nSPS) is 22.2. The van der Waals surface area contributed by atoms with E-state index in [1.807, 2.05) is 11.6 Å². The maximum atomic E-state index is 15.6. The lowest BCUT2D eigenvalue weighted by atomic mass is 9.90. The summed E-state index contributed by atoms with van der Waals surface area (Å²) in [5, 5.41) is 7.80. The van der Waals surface area contributed by atoms with Crippen LogP contribution in [0.1, 0.15) is 57.1 Å². The molecule has 2 fully saturated rings. The van der Waals surface area contributed by atoms with Crippen LogP contribution in [0.5, 0.6) is 5.75 Å². The lowest BCUT2D eigenvalue weighted by Gasteiger charge is -2.36. The zero-order chi connectivity index (χ0) is 21.5. The molecular weight excluding hydrogens is 402 g/mol. The Morgan fingerprint density at radius 2 is 1.94 bits per heavy atom. The van der Waals surface area contributed by atoms with Gasteiger partial charge in [0.2, 0.25) is 6.41 Å². The van der Waals surface area contributed by atoms with Gasteiger partial charge < -0.3 is 15.0 Å². The third kappa shape index (κ3) is 3.50. The highest BCUT2D eigenvalue weighted by Crippen LogP contribution is 2.47. The Bertz CT molecular complexity index is 982. The maximum absolute atomic E-state index is 15.6. The molecule has 0 spiro atoms. The van der Waals surface area contributed by atoms with Crippen molar-refractivity contribution in [2.24, 2.45) is 0 Å². The van der Waals surface area contributed by atoms with Crippen LogP contribution in [0.15, 0.2) is 12.4 Å². The van der Waals surface area contributed by atoms with Crippen molar-refractivity contribution in [2.75, 3.05) is 18.0 Å². The molecule has 3 aliphatic rings. The van der Waals surface area contributed by atoms with E-state index in [0.29, 0.717) is 36.1 Å². The minimum absolute atomic E-state index is 0.00351. The Kier molecular flexibility index (Phi) is 5.42. The van der Waals surface area contributed by atoms with E-state index in [1.54, 1.807) is 12.4 Å². The Morgan fingerprint density at radius 3 is 2.61 bits per heavy atom. The molecule has 31 heavy (non-hydrogen) atoms. The summed E-state index contributed by atoms with van der Waals surface area (Å²) in [4.78, 5) is 13.0. The van der Waals surface area contributed by atoms with Crippen molar-refractivity contribution in [3.05, 3.63) is 29.6 Å². The van der Waals surface area contributed by atoms with Crippen LogP contribution in [0.3, 0.4) is 0 Å². The molecule has 0 radical (unpaired) electrons. The van der Waals surface area contributed by atoms with Crippen molar-refractivity contribution in [1.29, 1.82) is 0 Å². The highest BCUT2D eigenvalue weighted by molar-refractivity contribution is 5.85. The minimum atomic E-state index is -0.987. The van der Waals surface area contributed by atoms with Gasteiger partial charge >= 0.3 is 0 Å². The van der Waals surface area contributed by atoms with Crippen LogP contribution >= 0.6 is 0 Å². The molecule has 1 N–H and O–H groups in total. The third-order valence-electron chi connectivity index (χ3n) is 6.98. The predicted molar refractivity (Wildman–Crippen MR) is 113 cm³/mol. The molecule has 1 amide bonds. The van der Waals surface area contributed by atoms with Crippen molar-refractivity contribution in [3.8, 4) is 16.9 Å². The van der Waals surface area contributed by atoms with Gasteiger partial charge in [0.1, 0.15) is 5.75 Å². The lowest BCUT2D eigenvalue weighted by Crippen LogP contribution is -2.38. The van der Waals surface area contributed by atoms with Crippen molar-refractivity contribution in [2.45, 2.75) is 70.1 Å². The second-order valence-corrected chi connectivity index (χ2v) is 8.92. The van der Waals surface area contributed by atoms with E-state index in [2.05, 4.69) is 10.4 Å². The zero-order valence-electron chi connectivity index (χ0n) is 17.7. The molecule has 1 aromatic carbocycles. The van der Waals surface area contributed by atoms with Gasteiger partial charge in [-0.05, 0) is 65.0 Å². The highest BCUT2D eigenvalue weighted by Gasteiger charge is 2.36. The monoisotopic (exact) mass is 430 g/mol. The molecule has 2 aliphatic heterocycles. The zero-order valence-corrected chi connectivity index (χ0v) is 17.7. The third-order valence-corrected chi connectivity index (χ3v) is 6.98. The first-order valence-corrected chi connectivity index (χ1v) is 11.3. The largest absolute Gasteiger partial charge is 0.489 e. The first kappa shape index (κ1) is 20.4. The van der Waals surface area contributed by atoms with Gasteiger partial charge in [0.25, 0.3) is 0 Å². The van der Waals surface area contributed by atoms with Crippen molar-refractivity contribution in [1.82, 2.24) is 15.1 Å². The molecule has 1 saturated carbocycles. The molecule has 0 bridgehead atoms. The first-order valence-electron chi connectivity index (χ1n) is 11.3. The SMILES string of the molecule is C[C@H]1CCc2c(OC3CCC3)c(-c3cnn(C4CCNCC4)c3)c(F)c(F)c2N1C=O. The van der Waals surface area contributed by atoms with Crippen LogP contribution in [-0.2, 0) is 11.2 Å². The second kappa shape index (κ2) is 8.22. The number of rotatable bonds is 5. The lowest BCUT2D eigenvalue weighted by molar-refractivity contribution is -0.108. The molecule has 1 saturated heterocycles. The summed E-state index contributed by atoms with van der Waals surface area (Å²) >= 11 is 0. The molecule has 166 valence electrons. The minimum Gasteiger partial charge on any atom is -0.489 e. The standard InChI is InChI=1S/C23H28F2N4O2/c1-14-5-6-18-22(28(14)13-30)21(25)20(24)19(23(18)31-17-3-2-4-17)15-11-27-29(12-15)16-7-9-26-10-8-16/h11-14,16-17,26H,2-10H2,1H3/t14-/m0/s1. The van der Waals surface area contributed by atoms with Crippen LogP contribution in [0.4, 0.5) is 14.5 Å². The Hall–Kier alpha value is -2.48. The number of piperidine rings is 1. The molecule has 0 unspecified atom stereocenters. The average Bonchev–Trinajstić information content (AvgIpc) is 3.24. The molecular formula is C23H28F2N4O2. The number of benzene rings is 1. The van der Waals surface area contributed by atoms with Crippen LogP contribution < -0.4 is 15.0 Å². The van der Waals surface area contributed by atoms with Gasteiger partial charge in [0.05, 0.1) is 29.6 Å². The van der Waals surface area contributed by atoms with E-state index in [-0.39, 0.29) is 29.4 Å². The van der Waals surface area contributed by atoms with Gasteiger partial charge in [0, 0.05) is 23.4 Å². The molecule has 6 nitrogen and oxygen atoms in total. The summed E-state index contributed by atoms with van der Waals surface area (Å²) in [6, 6.07) is 0.0481. The second-order valence-electron chi connectivity index (χ2n) is 8.92. The molecule has 3 heterocycles. The van der Waals surface area contributed by atoms with E-state index >= 15 is 8.78 Å². The molecule has 8 heteroatoms. The number of carbonyl (C=O) groups excluding carboxylic acids is 1. The smallest absolute Gasteiger partial charge is 0.214 e. The number of amides is 1. The van der Waals surface area contributed by atoms with E-state index < -0.39 is 11.6 Å². The number of fused-ring (bicyclic) bond motifs is 1. The van der Waals surface area contributed by atoms with Crippen LogP contribution in [-0.4, -0.2) is 41.4 Å². The van der Waals surface area contributed by atoms with Crippen molar-refractivity contribution >= 4 is 12.1 Å². The fourth-order valence-corrected chi connectivity index (χ4v) is 4.86. The number of ether oxygens (including phenoxy) is 1. The fraction of sp³-hybridized carbons (Fsp3) is 0.565. The maximum Gasteiger partial charge on any atom is 0.214 e. The molecule has 1 atom stereocenters. The van der Waals surface area contributed by atoms with E-state index in [0.717, 1.165) is 45.2 Å². The van der Waals surface area contributed by atoms with Gasteiger partial charge in [-0.25, -0.2) is 8.78 Å². The number of anilines is 1. The van der Waals surface area contributed by atoms with Gasteiger partial charge in [-0.1, -0.05) is 0 Å². The molecule has 1 aromatic heterocycles. The predicted octanol–water partition coefficient (Wildman–Crippen LogP) is 3.98. The van der Waals surface area contributed by atoms with Gasteiger partial charge in [-0.2, -0.15) is 5.10 Å². The number of hydrogen-bond acceptors (Lipinski definition) is 4. The number of nitrogens with one attached hydrogen (secondary N) is 1. The Balaban J connectivity index is 1.63. The topological polar surface area (TPSA) is 59.4 Å².